The number of carbonyl (C=O) groups is 1. The maximum absolute atomic E-state index is 12.3. The largest absolute Gasteiger partial charge is 0.482 e. The third-order valence-electron chi connectivity index (χ3n) is 4.16. The number of fused-ring (bicyclic) bond motifs is 1. The van der Waals surface area contributed by atoms with Crippen LogP contribution in [0.15, 0.2) is 24.5 Å². The molecule has 1 aliphatic rings. The molecule has 0 aromatic carbocycles. The Morgan fingerprint density at radius 1 is 1.40 bits per heavy atom. The molecule has 0 fully saturated rings. The minimum absolute atomic E-state index is 0.0581. The molecule has 134 valence electrons. The van der Waals surface area contributed by atoms with Crippen LogP contribution in [0.4, 0.5) is 0 Å². The van der Waals surface area contributed by atoms with Gasteiger partial charge in [-0.1, -0.05) is 13.8 Å². The topological polar surface area (TPSA) is 94.0 Å². The molecule has 3 heterocycles. The second-order valence-corrected chi connectivity index (χ2v) is 6.39. The molecule has 25 heavy (non-hydrogen) atoms. The van der Waals surface area contributed by atoms with Gasteiger partial charge in [-0.05, 0) is 18.1 Å². The number of hydrogen-bond acceptors (Lipinski definition) is 6. The van der Waals surface area contributed by atoms with Crippen molar-refractivity contribution in [2.24, 2.45) is 5.92 Å². The highest BCUT2D eigenvalue weighted by atomic mass is 16.5. The van der Waals surface area contributed by atoms with Crippen LogP contribution < -0.4 is 15.4 Å². The van der Waals surface area contributed by atoms with Gasteiger partial charge in [0.15, 0.2) is 12.4 Å². The van der Waals surface area contributed by atoms with Crippen LogP contribution >= 0.6 is 0 Å². The highest BCUT2D eigenvalue weighted by Crippen LogP contribution is 2.21. The van der Waals surface area contributed by atoms with Crippen molar-refractivity contribution in [3.8, 4) is 5.75 Å². The van der Waals surface area contributed by atoms with Gasteiger partial charge in [0.25, 0.3) is 5.91 Å². The fourth-order valence-electron chi connectivity index (χ4n) is 2.85. The average molecular weight is 344 g/mol. The highest BCUT2D eigenvalue weighted by Gasteiger charge is 2.26. The molecule has 0 saturated heterocycles. The molecular weight excluding hydrogens is 320 g/mol. The summed E-state index contributed by atoms with van der Waals surface area (Å²) in [5, 5.41) is 15.0. The molecule has 8 nitrogen and oxygen atoms in total. The van der Waals surface area contributed by atoms with Gasteiger partial charge in [0.1, 0.15) is 11.6 Å². The van der Waals surface area contributed by atoms with Crippen molar-refractivity contribution in [1.82, 2.24) is 30.4 Å². The zero-order valence-corrected chi connectivity index (χ0v) is 14.6. The van der Waals surface area contributed by atoms with Crippen LogP contribution in [0.3, 0.4) is 0 Å². The lowest BCUT2D eigenvalue weighted by molar-refractivity contribution is -0.124. The van der Waals surface area contributed by atoms with Gasteiger partial charge in [0.2, 0.25) is 0 Å². The lowest BCUT2D eigenvalue weighted by atomic mass is 10.0. The minimum atomic E-state index is -0.204. The molecule has 1 amide bonds. The highest BCUT2D eigenvalue weighted by molar-refractivity contribution is 5.77. The lowest BCUT2D eigenvalue weighted by Gasteiger charge is -2.22. The van der Waals surface area contributed by atoms with E-state index in [4.69, 9.17) is 4.74 Å². The van der Waals surface area contributed by atoms with Crippen LogP contribution in [0.2, 0.25) is 0 Å². The van der Waals surface area contributed by atoms with Gasteiger partial charge in [-0.3, -0.25) is 9.78 Å². The Kier molecular flexibility index (Phi) is 5.60. The van der Waals surface area contributed by atoms with E-state index < -0.39 is 0 Å². The van der Waals surface area contributed by atoms with E-state index in [-0.39, 0.29) is 24.5 Å². The number of rotatable bonds is 6. The molecule has 1 aliphatic heterocycles. The maximum Gasteiger partial charge on any atom is 0.258 e. The molecule has 1 atom stereocenters. The average Bonchev–Trinajstić information content (AvgIpc) is 2.86. The van der Waals surface area contributed by atoms with Gasteiger partial charge in [0.05, 0.1) is 12.2 Å². The molecule has 0 bridgehead atoms. The predicted molar refractivity (Wildman–Crippen MR) is 92.0 cm³/mol. The van der Waals surface area contributed by atoms with Gasteiger partial charge in [-0.15, -0.1) is 10.2 Å². The molecule has 0 radical (unpaired) electrons. The first-order valence-corrected chi connectivity index (χ1v) is 8.60. The first kappa shape index (κ1) is 17.3. The van der Waals surface area contributed by atoms with Crippen LogP contribution in [0, 0.1) is 5.92 Å². The fourth-order valence-corrected chi connectivity index (χ4v) is 2.85. The Labute approximate surface area is 147 Å². The van der Waals surface area contributed by atoms with Crippen molar-refractivity contribution in [3.05, 3.63) is 36.2 Å². The van der Waals surface area contributed by atoms with Crippen molar-refractivity contribution in [3.63, 3.8) is 0 Å². The minimum Gasteiger partial charge on any atom is -0.482 e. The van der Waals surface area contributed by atoms with E-state index in [0.717, 1.165) is 37.7 Å². The Hall–Kier alpha value is -2.48. The van der Waals surface area contributed by atoms with Gasteiger partial charge in [-0.25, -0.2) is 0 Å². The van der Waals surface area contributed by atoms with E-state index in [0.29, 0.717) is 5.75 Å². The SMILES string of the molecule is CC(C)[C@@H](NC(=O)COc1cccnc1)c1nnc2n1CCNCC2. The van der Waals surface area contributed by atoms with Crippen molar-refractivity contribution in [2.75, 3.05) is 19.7 Å². The number of pyridine rings is 1. The van der Waals surface area contributed by atoms with E-state index in [1.54, 1.807) is 24.5 Å². The Morgan fingerprint density at radius 2 is 2.28 bits per heavy atom. The third-order valence-corrected chi connectivity index (χ3v) is 4.16. The summed E-state index contributed by atoms with van der Waals surface area (Å²) in [7, 11) is 0. The van der Waals surface area contributed by atoms with Crippen LogP contribution in [0.1, 0.15) is 31.5 Å². The van der Waals surface area contributed by atoms with Crippen LogP contribution in [-0.2, 0) is 17.8 Å². The van der Waals surface area contributed by atoms with Crippen molar-refractivity contribution in [2.45, 2.75) is 32.9 Å². The van der Waals surface area contributed by atoms with Crippen molar-refractivity contribution >= 4 is 5.91 Å². The first-order chi connectivity index (χ1) is 12.1. The first-order valence-electron chi connectivity index (χ1n) is 8.60. The normalized spacial score (nSPS) is 15.3. The molecule has 2 aromatic rings. The van der Waals surface area contributed by atoms with E-state index in [1.165, 1.54) is 0 Å². The van der Waals surface area contributed by atoms with Gasteiger partial charge in [-0.2, -0.15) is 0 Å². The van der Waals surface area contributed by atoms with Gasteiger partial charge < -0.3 is 19.9 Å². The zero-order chi connectivity index (χ0) is 17.6. The summed E-state index contributed by atoms with van der Waals surface area (Å²) >= 11 is 0. The molecule has 2 N–H and O–H groups in total. The molecule has 8 heteroatoms. The number of amides is 1. The number of hydrogen-bond donors (Lipinski definition) is 2. The van der Waals surface area contributed by atoms with Crippen molar-refractivity contribution < 1.29 is 9.53 Å². The molecular formula is C17H24N6O2. The molecule has 0 spiro atoms. The number of ether oxygens (including phenoxy) is 1. The quantitative estimate of drug-likeness (QED) is 0.802. The standard InChI is InChI=1S/C17H24N6O2/c1-12(2)16(17-22-21-14-5-7-18-8-9-23(14)17)20-15(24)11-25-13-4-3-6-19-10-13/h3-4,6,10,12,16,18H,5,7-9,11H2,1-2H3,(H,20,24)/t16-/m1/s1. The summed E-state index contributed by atoms with van der Waals surface area (Å²) in [4.78, 5) is 16.3. The summed E-state index contributed by atoms with van der Waals surface area (Å²) < 4.78 is 7.59. The second kappa shape index (κ2) is 8.06. The smallest absolute Gasteiger partial charge is 0.258 e. The number of carbonyl (C=O) groups excluding carboxylic acids is 1. The maximum atomic E-state index is 12.3. The fraction of sp³-hybridized carbons (Fsp3) is 0.529. The summed E-state index contributed by atoms with van der Waals surface area (Å²) in [5.74, 6) is 2.34. The summed E-state index contributed by atoms with van der Waals surface area (Å²) in [6.45, 7) is 6.64. The summed E-state index contributed by atoms with van der Waals surface area (Å²) in [5.41, 5.74) is 0. The third kappa shape index (κ3) is 4.33. The molecule has 2 aromatic heterocycles. The lowest BCUT2D eigenvalue weighted by Crippen LogP contribution is -2.37. The van der Waals surface area contributed by atoms with Crippen molar-refractivity contribution in [1.29, 1.82) is 0 Å². The molecule has 3 rings (SSSR count). The van der Waals surface area contributed by atoms with E-state index in [1.807, 2.05) is 0 Å². The number of nitrogens with one attached hydrogen (secondary N) is 2. The Balaban J connectivity index is 1.67. The predicted octanol–water partition coefficient (Wildman–Crippen LogP) is 0.711. The zero-order valence-electron chi connectivity index (χ0n) is 14.6. The number of aromatic nitrogens is 4. The summed E-state index contributed by atoms with van der Waals surface area (Å²) in [6, 6.07) is 3.33. The van der Waals surface area contributed by atoms with E-state index >= 15 is 0 Å². The van der Waals surface area contributed by atoms with Crippen LogP contribution in [0.5, 0.6) is 5.75 Å². The van der Waals surface area contributed by atoms with E-state index in [2.05, 4.69) is 44.2 Å². The van der Waals surface area contributed by atoms with Crippen LogP contribution in [-0.4, -0.2) is 45.4 Å². The Bertz CT molecular complexity index is 700. The monoisotopic (exact) mass is 344 g/mol. The molecule has 0 saturated carbocycles. The molecule has 0 aliphatic carbocycles. The van der Waals surface area contributed by atoms with Gasteiger partial charge >= 0.3 is 0 Å². The van der Waals surface area contributed by atoms with Crippen LogP contribution in [0.25, 0.3) is 0 Å². The molecule has 0 unspecified atom stereocenters. The number of nitrogens with zero attached hydrogens (tertiary/aromatic N) is 4. The second-order valence-electron chi connectivity index (χ2n) is 6.39. The Morgan fingerprint density at radius 3 is 3.04 bits per heavy atom. The van der Waals surface area contributed by atoms with E-state index in [9.17, 15) is 4.79 Å². The summed E-state index contributed by atoms with van der Waals surface area (Å²) in [6.07, 6.45) is 4.09. The van der Waals surface area contributed by atoms with Gasteiger partial charge in [0, 0.05) is 32.3 Å².